The molecule has 25 heavy (non-hydrogen) atoms. The summed E-state index contributed by atoms with van der Waals surface area (Å²) >= 11 is 1.52. The quantitative estimate of drug-likeness (QED) is 0.820. The first-order valence-electron chi connectivity index (χ1n) is 8.25. The molecule has 0 saturated heterocycles. The van der Waals surface area contributed by atoms with Crippen LogP contribution in [0.25, 0.3) is 10.2 Å². The summed E-state index contributed by atoms with van der Waals surface area (Å²) in [6.45, 7) is 6.25. The zero-order chi connectivity index (χ0) is 18.0. The maximum Gasteiger partial charge on any atom is 0.298 e. The van der Waals surface area contributed by atoms with E-state index in [4.69, 9.17) is 14.5 Å². The van der Waals surface area contributed by atoms with Gasteiger partial charge in [0.2, 0.25) is 5.76 Å². The molecule has 7 heteroatoms. The summed E-state index contributed by atoms with van der Waals surface area (Å²) < 4.78 is 11.8. The highest BCUT2D eigenvalue weighted by atomic mass is 32.1. The predicted octanol–water partition coefficient (Wildman–Crippen LogP) is 2.70. The van der Waals surface area contributed by atoms with Gasteiger partial charge in [-0.15, -0.1) is 0 Å². The highest BCUT2D eigenvalue weighted by Crippen LogP contribution is 2.32. The fourth-order valence-corrected chi connectivity index (χ4v) is 3.58. The number of rotatable bonds is 5. The molecule has 1 aromatic carbocycles. The minimum absolute atomic E-state index is 0.213. The van der Waals surface area contributed by atoms with E-state index in [0.29, 0.717) is 24.9 Å². The van der Waals surface area contributed by atoms with Crippen LogP contribution in [0.1, 0.15) is 11.1 Å². The predicted molar refractivity (Wildman–Crippen MR) is 100.0 cm³/mol. The standard InChI is InChI=1S/C18H23N3O3S/c1-12-5-6-15-16(13(12)2)19-18(25-15)21(8-7-20(3)4)17(22)14-11-23-9-10-24-14/h5-6,11H,7-10H2,1-4H3. The Kier molecular flexibility index (Phi) is 5.24. The Bertz CT molecular complexity index is 813. The van der Waals surface area contributed by atoms with Crippen LogP contribution in [0.4, 0.5) is 5.13 Å². The molecule has 1 aromatic heterocycles. The van der Waals surface area contributed by atoms with Gasteiger partial charge in [0.05, 0.1) is 10.2 Å². The van der Waals surface area contributed by atoms with Crippen LogP contribution >= 0.6 is 11.3 Å². The van der Waals surface area contributed by atoms with Gasteiger partial charge < -0.3 is 14.4 Å². The van der Waals surface area contributed by atoms with Crippen LogP contribution in [0.3, 0.4) is 0 Å². The molecular weight excluding hydrogens is 338 g/mol. The number of aromatic nitrogens is 1. The number of amides is 1. The molecule has 0 unspecified atom stereocenters. The molecule has 0 atom stereocenters. The van der Waals surface area contributed by atoms with Gasteiger partial charge in [0.1, 0.15) is 19.5 Å². The van der Waals surface area contributed by atoms with E-state index in [2.05, 4.69) is 26.0 Å². The Morgan fingerprint density at radius 2 is 2.04 bits per heavy atom. The van der Waals surface area contributed by atoms with Crippen LogP contribution < -0.4 is 4.90 Å². The zero-order valence-corrected chi connectivity index (χ0v) is 15.9. The van der Waals surface area contributed by atoms with Crippen LogP contribution in [0, 0.1) is 13.8 Å². The first-order valence-corrected chi connectivity index (χ1v) is 9.07. The normalized spacial score (nSPS) is 14.2. The average molecular weight is 361 g/mol. The summed E-state index contributed by atoms with van der Waals surface area (Å²) in [6.07, 6.45) is 1.40. The number of fused-ring (bicyclic) bond motifs is 1. The Morgan fingerprint density at radius 1 is 1.24 bits per heavy atom. The number of aryl methyl sites for hydroxylation is 2. The molecule has 2 aromatic rings. The van der Waals surface area contributed by atoms with Crippen molar-refractivity contribution in [2.75, 3.05) is 45.3 Å². The monoisotopic (exact) mass is 361 g/mol. The number of nitrogens with zero attached hydrogens (tertiary/aromatic N) is 3. The van der Waals surface area contributed by atoms with Gasteiger partial charge >= 0.3 is 0 Å². The fourth-order valence-electron chi connectivity index (χ4n) is 2.53. The Labute approximate surface area is 151 Å². The molecule has 0 N–H and O–H groups in total. The lowest BCUT2D eigenvalue weighted by atomic mass is 10.1. The molecule has 134 valence electrons. The topological polar surface area (TPSA) is 54.9 Å². The van der Waals surface area contributed by atoms with Crippen LogP contribution in [0.5, 0.6) is 0 Å². The Balaban J connectivity index is 1.97. The molecule has 0 bridgehead atoms. The van der Waals surface area contributed by atoms with Crippen molar-refractivity contribution in [3.8, 4) is 0 Å². The average Bonchev–Trinajstić information content (AvgIpc) is 3.03. The molecule has 3 rings (SSSR count). The number of likely N-dealkylation sites (N-methyl/N-ethyl adjacent to an activating group) is 1. The summed E-state index contributed by atoms with van der Waals surface area (Å²) in [5, 5.41) is 0.686. The third-order valence-corrected chi connectivity index (χ3v) is 5.22. The summed E-state index contributed by atoms with van der Waals surface area (Å²) in [6, 6.07) is 4.15. The van der Waals surface area contributed by atoms with Crippen LogP contribution in [0.15, 0.2) is 24.2 Å². The van der Waals surface area contributed by atoms with Crippen molar-refractivity contribution in [2.24, 2.45) is 0 Å². The van der Waals surface area contributed by atoms with Crippen molar-refractivity contribution in [3.05, 3.63) is 35.3 Å². The van der Waals surface area contributed by atoms with Gasteiger partial charge in [0, 0.05) is 13.1 Å². The van der Waals surface area contributed by atoms with Crippen LogP contribution in [-0.2, 0) is 14.3 Å². The number of hydrogen-bond acceptors (Lipinski definition) is 6. The van der Waals surface area contributed by atoms with E-state index in [-0.39, 0.29) is 11.7 Å². The highest BCUT2D eigenvalue weighted by molar-refractivity contribution is 7.22. The second kappa shape index (κ2) is 7.41. The maximum absolute atomic E-state index is 12.9. The third kappa shape index (κ3) is 3.77. The largest absolute Gasteiger partial charge is 0.494 e. The van der Waals surface area contributed by atoms with Crippen molar-refractivity contribution in [2.45, 2.75) is 13.8 Å². The van der Waals surface area contributed by atoms with Crippen molar-refractivity contribution in [3.63, 3.8) is 0 Å². The number of benzene rings is 1. The first kappa shape index (κ1) is 17.7. The second-order valence-corrected chi connectivity index (χ2v) is 7.32. The van der Waals surface area contributed by atoms with Crippen LogP contribution in [-0.4, -0.2) is 56.2 Å². The van der Waals surface area contributed by atoms with E-state index >= 15 is 0 Å². The fraction of sp³-hybridized carbons (Fsp3) is 0.444. The number of thiazole rings is 1. The lowest BCUT2D eigenvalue weighted by Gasteiger charge is -2.24. The van der Waals surface area contributed by atoms with E-state index < -0.39 is 0 Å². The van der Waals surface area contributed by atoms with Gasteiger partial charge in [-0.05, 0) is 45.1 Å². The van der Waals surface area contributed by atoms with Crippen molar-refractivity contribution in [1.82, 2.24) is 9.88 Å². The Hall–Kier alpha value is -2.12. The third-order valence-electron chi connectivity index (χ3n) is 4.18. The minimum atomic E-state index is -0.213. The lowest BCUT2D eigenvalue weighted by molar-refractivity contribution is -0.119. The number of carbonyl (C=O) groups is 1. The zero-order valence-electron chi connectivity index (χ0n) is 15.0. The summed E-state index contributed by atoms with van der Waals surface area (Å²) in [5.41, 5.74) is 3.30. The number of hydrogen-bond donors (Lipinski definition) is 0. The van der Waals surface area contributed by atoms with E-state index in [0.717, 1.165) is 22.3 Å². The maximum atomic E-state index is 12.9. The van der Waals surface area contributed by atoms with E-state index in [1.54, 1.807) is 4.90 Å². The molecule has 2 heterocycles. The van der Waals surface area contributed by atoms with Gasteiger partial charge in [-0.25, -0.2) is 4.98 Å². The second-order valence-electron chi connectivity index (χ2n) is 6.31. The van der Waals surface area contributed by atoms with Gasteiger partial charge in [-0.1, -0.05) is 17.4 Å². The van der Waals surface area contributed by atoms with E-state index in [1.807, 2.05) is 19.0 Å². The van der Waals surface area contributed by atoms with Crippen molar-refractivity contribution in [1.29, 1.82) is 0 Å². The molecule has 0 aliphatic carbocycles. The van der Waals surface area contributed by atoms with Crippen LogP contribution in [0.2, 0.25) is 0 Å². The first-order chi connectivity index (χ1) is 12.0. The molecule has 0 radical (unpaired) electrons. The summed E-state index contributed by atoms with van der Waals surface area (Å²) in [5.74, 6) is 0.0205. The molecule has 0 fully saturated rings. The number of carbonyl (C=O) groups excluding carboxylic acids is 1. The van der Waals surface area contributed by atoms with Gasteiger partial charge in [-0.3, -0.25) is 9.69 Å². The van der Waals surface area contributed by atoms with Gasteiger partial charge in [0.25, 0.3) is 5.91 Å². The van der Waals surface area contributed by atoms with Crippen molar-refractivity contribution >= 4 is 32.6 Å². The van der Waals surface area contributed by atoms with Gasteiger partial charge in [-0.2, -0.15) is 0 Å². The number of anilines is 1. The molecule has 0 saturated carbocycles. The molecule has 6 nitrogen and oxygen atoms in total. The summed E-state index contributed by atoms with van der Waals surface area (Å²) in [4.78, 5) is 21.4. The molecule has 1 amide bonds. The van der Waals surface area contributed by atoms with Crippen molar-refractivity contribution < 1.29 is 14.3 Å². The highest BCUT2D eigenvalue weighted by Gasteiger charge is 2.26. The Morgan fingerprint density at radius 3 is 2.72 bits per heavy atom. The van der Waals surface area contributed by atoms with E-state index in [1.165, 1.54) is 23.2 Å². The molecular formula is C18H23N3O3S. The lowest BCUT2D eigenvalue weighted by Crippen LogP contribution is -2.38. The van der Waals surface area contributed by atoms with E-state index in [9.17, 15) is 4.79 Å². The molecule has 1 aliphatic heterocycles. The SMILES string of the molecule is Cc1ccc2sc(N(CCN(C)C)C(=O)C3=COCCO3)nc2c1C. The molecule has 1 aliphatic rings. The summed E-state index contributed by atoms with van der Waals surface area (Å²) in [7, 11) is 3.96. The minimum Gasteiger partial charge on any atom is -0.494 e. The number of ether oxygens (including phenoxy) is 2. The smallest absolute Gasteiger partial charge is 0.298 e. The molecule has 0 spiro atoms. The van der Waals surface area contributed by atoms with Gasteiger partial charge in [0.15, 0.2) is 5.13 Å².